The Bertz CT molecular complexity index is 518. The van der Waals surface area contributed by atoms with E-state index in [-0.39, 0.29) is 17.6 Å². The number of nitrogens with one attached hydrogen (secondary N) is 2. The number of rotatable bonds is 6. The Balaban J connectivity index is 2.65. The first-order valence-corrected chi connectivity index (χ1v) is 7.97. The van der Waals surface area contributed by atoms with E-state index >= 15 is 0 Å². The molecule has 1 atom stereocenters. The summed E-state index contributed by atoms with van der Waals surface area (Å²) in [4.78, 5) is 23.1. The number of aromatic carboxylic acids is 1. The number of halogens is 1. The van der Waals surface area contributed by atoms with Crippen LogP contribution in [0.1, 0.15) is 44.0 Å². The molecule has 0 bridgehead atoms. The Morgan fingerprint density at radius 3 is 2.48 bits per heavy atom. The van der Waals surface area contributed by atoms with Gasteiger partial charge in [0.25, 0.3) is 0 Å². The summed E-state index contributed by atoms with van der Waals surface area (Å²) in [6.07, 6.45) is 1.93. The van der Waals surface area contributed by atoms with Gasteiger partial charge in [-0.25, -0.2) is 9.59 Å². The van der Waals surface area contributed by atoms with Crippen molar-refractivity contribution < 1.29 is 14.7 Å². The van der Waals surface area contributed by atoms with Gasteiger partial charge in [0, 0.05) is 9.61 Å². The molecule has 0 fully saturated rings. The Labute approximate surface area is 138 Å². The van der Waals surface area contributed by atoms with Crippen LogP contribution in [-0.4, -0.2) is 23.1 Å². The predicted octanol–water partition coefficient (Wildman–Crippen LogP) is 3.94. The van der Waals surface area contributed by atoms with E-state index in [2.05, 4.69) is 24.5 Å². The normalized spacial score (nSPS) is 12.0. The van der Waals surface area contributed by atoms with Crippen LogP contribution in [0.25, 0.3) is 0 Å². The van der Waals surface area contributed by atoms with Gasteiger partial charge in [-0.2, -0.15) is 0 Å². The van der Waals surface area contributed by atoms with Gasteiger partial charge in [0.1, 0.15) is 0 Å². The molecule has 0 aliphatic carbocycles. The van der Waals surface area contributed by atoms with E-state index in [4.69, 9.17) is 5.11 Å². The first-order valence-electron chi connectivity index (χ1n) is 6.90. The summed E-state index contributed by atoms with van der Waals surface area (Å²) in [5.41, 5.74) is 0.392. The second kappa shape index (κ2) is 8.21. The smallest absolute Gasteiger partial charge is 0.337 e. The molecule has 0 saturated carbocycles. The maximum atomic E-state index is 11.9. The van der Waals surface area contributed by atoms with Crippen LogP contribution in [0.5, 0.6) is 0 Å². The van der Waals surface area contributed by atoms with Crippen molar-refractivity contribution in [1.82, 2.24) is 5.32 Å². The molecule has 1 aromatic carbocycles. The van der Waals surface area contributed by atoms with Crippen molar-refractivity contribution in [2.75, 3.05) is 5.32 Å². The monoisotopic (exact) mass is 404 g/mol. The molecule has 0 saturated heterocycles. The van der Waals surface area contributed by atoms with Crippen molar-refractivity contribution in [1.29, 1.82) is 0 Å². The zero-order valence-corrected chi connectivity index (χ0v) is 14.6. The number of hydrogen-bond acceptors (Lipinski definition) is 2. The molecular formula is C15H21IN2O3. The third-order valence-electron chi connectivity index (χ3n) is 3.01. The number of carbonyl (C=O) groups is 2. The van der Waals surface area contributed by atoms with Gasteiger partial charge in [0.05, 0.1) is 11.3 Å². The van der Waals surface area contributed by atoms with Crippen molar-refractivity contribution in [3.63, 3.8) is 0 Å². The Morgan fingerprint density at radius 2 is 1.90 bits per heavy atom. The standard InChI is InChI=1S/C15H21IN2O3/c1-9(2)4-5-10(3)17-15(21)18-13-7-6-11(16)8-12(13)14(19)20/h6-10H,4-5H2,1-3H3,(H,19,20)(H2,17,18,21). The molecular weight excluding hydrogens is 383 g/mol. The second-order valence-electron chi connectivity index (χ2n) is 5.47. The van der Waals surface area contributed by atoms with Crippen molar-refractivity contribution >= 4 is 40.3 Å². The molecule has 1 unspecified atom stereocenters. The zero-order chi connectivity index (χ0) is 16.0. The van der Waals surface area contributed by atoms with E-state index in [0.717, 1.165) is 16.4 Å². The molecule has 0 spiro atoms. The topological polar surface area (TPSA) is 78.4 Å². The van der Waals surface area contributed by atoms with Gasteiger partial charge in [0.2, 0.25) is 0 Å². The fourth-order valence-electron chi connectivity index (χ4n) is 1.84. The van der Waals surface area contributed by atoms with Crippen molar-refractivity contribution in [2.45, 2.75) is 39.7 Å². The van der Waals surface area contributed by atoms with Gasteiger partial charge < -0.3 is 15.7 Å². The van der Waals surface area contributed by atoms with Crippen LogP contribution < -0.4 is 10.6 Å². The van der Waals surface area contributed by atoms with Crippen LogP contribution in [-0.2, 0) is 0 Å². The molecule has 116 valence electrons. The fourth-order valence-corrected chi connectivity index (χ4v) is 2.33. The molecule has 1 aromatic rings. The highest BCUT2D eigenvalue weighted by Gasteiger charge is 2.14. The number of urea groups is 1. The summed E-state index contributed by atoms with van der Waals surface area (Å²) in [7, 11) is 0. The SMILES string of the molecule is CC(C)CCC(C)NC(=O)Nc1ccc(I)cc1C(=O)O. The molecule has 6 heteroatoms. The average Bonchev–Trinajstić information content (AvgIpc) is 2.38. The van der Waals surface area contributed by atoms with Gasteiger partial charge in [0.15, 0.2) is 0 Å². The predicted molar refractivity (Wildman–Crippen MR) is 91.8 cm³/mol. The molecule has 21 heavy (non-hydrogen) atoms. The van der Waals surface area contributed by atoms with Gasteiger partial charge in [-0.1, -0.05) is 13.8 Å². The number of carboxylic acids is 1. The van der Waals surface area contributed by atoms with Crippen LogP contribution in [0.4, 0.5) is 10.5 Å². The number of benzene rings is 1. The number of amides is 2. The van der Waals surface area contributed by atoms with Crippen LogP contribution in [0.15, 0.2) is 18.2 Å². The summed E-state index contributed by atoms with van der Waals surface area (Å²) in [6, 6.07) is 4.55. The largest absolute Gasteiger partial charge is 0.478 e. The lowest BCUT2D eigenvalue weighted by atomic mass is 10.0. The Morgan fingerprint density at radius 1 is 1.24 bits per heavy atom. The van der Waals surface area contributed by atoms with Gasteiger partial charge in [-0.15, -0.1) is 0 Å². The highest BCUT2D eigenvalue weighted by Crippen LogP contribution is 2.19. The van der Waals surface area contributed by atoms with Gasteiger partial charge >= 0.3 is 12.0 Å². The third kappa shape index (κ3) is 6.33. The molecule has 0 aliphatic rings. The molecule has 0 radical (unpaired) electrons. The van der Waals surface area contributed by atoms with Crippen LogP contribution in [0.3, 0.4) is 0 Å². The number of carbonyl (C=O) groups excluding carboxylic acids is 1. The first-order chi connectivity index (χ1) is 9.79. The number of carboxylic acid groups (broad SMARTS) is 1. The minimum atomic E-state index is -1.06. The van der Waals surface area contributed by atoms with Crippen molar-refractivity contribution in [3.8, 4) is 0 Å². The van der Waals surface area contributed by atoms with Crippen LogP contribution >= 0.6 is 22.6 Å². The van der Waals surface area contributed by atoms with Crippen LogP contribution in [0, 0.1) is 9.49 Å². The van der Waals surface area contributed by atoms with E-state index in [9.17, 15) is 9.59 Å². The van der Waals surface area contributed by atoms with Gasteiger partial charge in [-0.3, -0.25) is 0 Å². The quantitative estimate of drug-likeness (QED) is 0.629. The molecule has 0 heterocycles. The minimum Gasteiger partial charge on any atom is -0.478 e. The Hall–Kier alpha value is -1.31. The fraction of sp³-hybridized carbons (Fsp3) is 0.467. The summed E-state index contributed by atoms with van der Waals surface area (Å²) in [5.74, 6) is -0.469. The molecule has 0 aromatic heterocycles. The first kappa shape index (κ1) is 17.7. The molecule has 2 amide bonds. The molecule has 0 aliphatic heterocycles. The zero-order valence-electron chi connectivity index (χ0n) is 12.4. The summed E-state index contributed by atoms with van der Waals surface area (Å²) < 4.78 is 0.807. The van der Waals surface area contributed by atoms with Crippen molar-refractivity contribution in [3.05, 3.63) is 27.3 Å². The average molecular weight is 404 g/mol. The lowest BCUT2D eigenvalue weighted by molar-refractivity contribution is 0.0698. The van der Waals surface area contributed by atoms with Gasteiger partial charge in [-0.05, 0) is 66.5 Å². The molecule has 3 N–H and O–H groups in total. The maximum Gasteiger partial charge on any atom is 0.337 e. The molecule has 1 rings (SSSR count). The van der Waals surface area contributed by atoms with Crippen LogP contribution in [0.2, 0.25) is 0 Å². The van der Waals surface area contributed by atoms with E-state index in [1.165, 1.54) is 6.07 Å². The molecule has 5 nitrogen and oxygen atoms in total. The summed E-state index contributed by atoms with van der Waals surface area (Å²) in [5, 5.41) is 14.6. The number of anilines is 1. The maximum absolute atomic E-state index is 11.9. The minimum absolute atomic E-state index is 0.0459. The highest BCUT2D eigenvalue weighted by molar-refractivity contribution is 14.1. The lowest BCUT2D eigenvalue weighted by Gasteiger charge is -2.16. The van der Waals surface area contributed by atoms with E-state index in [1.807, 2.05) is 29.5 Å². The highest BCUT2D eigenvalue weighted by atomic mass is 127. The second-order valence-corrected chi connectivity index (χ2v) is 6.71. The lowest BCUT2D eigenvalue weighted by Crippen LogP contribution is -2.36. The Kier molecular flexibility index (Phi) is 6.94. The van der Waals surface area contributed by atoms with E-state index in [1.54, 1.807) is 12.1 Å². The summed E-state index contributed by atoms with van der Waals surface area (Å²) in [6.45, 7) is 6.21. The third-order valence-corrected chi connectivity index (χ3v) is 3.69. The van der Waals surface area contributed by atoms with E-state index < -0.39 is 5.97 Å². The summed E-state index contributed by atoms with van der Waals surface area (Å²) >= 11 is 2.03. The number of hydrogen-bond donors (Lipinski definition) is 3. The van der Waals surface area contributed by atoms with Crippen molar-refractivity contribution in [2.24, 2.45) is 5.92 Å². The van der Waals surface area contributed by atoms with E-state index in [0.29, 0.717) is 11.6 Å².